The van der Waals surface area contributed by atoms with Gasteiger partial charge in [-0.1, -0.05) is 59.8 Å². The molecule has 1 fully saturated rings. The molecular weight excluding hydrogens is 1640 g/mol. The first kappa shape index (κ1) is 94.0. The molecule has 10 N–H and O–H groups in total. The number of ether oxygens (including phenoxy) is 3. The average molecular weight is 1710 g/mol. The van der Waals surface area contributed by atoms with E-state index in [1.54, 1.807) is 62.4 Å². The van der Waals surface area contributed by atoms with E-state index in [9.17, 15) is 104 Å². The molecule has 7 amide bonds. The number of aliphatic hydroxyl groups excluding tert-OH is 2. The number of esters is 1. The summed E-state index contributed by atoms with van der Waals surface area (Å²) < 4.78 is 29.7. The highest BCUT2D eigenvalue weighted by atomic mass is 35.5. The van der Waals surface area contributed by atoms with E-state index >= 15 is 0 Å². The maximum Gasteiger partial charge on any atom is 0.433 e. The molecule has 1 saturated heterocycles. The number of halogens is 1. The lowest BCUT2D eigenvalue weighted by Crippen LogP contribution is -2.41. The summed E-state index contributed by atoms with van der Waals surface area (Å²) in [4.78, 5) is 159. The SMILES string of the molecule is C/C(=N\NC(=O)COc1ccc(C)cc1[N+](=O)[O-])c1ccco1.COC(=O)c1cc(C(=O)NC2CCSC2=O)cc([N+](=O)[O-])c1.COc1cccc(C(=O)NCC(=O)N/N=C/c2ccc([N+](=O)[O-])o2)c1.O=C(N/C(=C\c1cccc([N+](=O)[O-])c1)C(=O)N(CCO)CCO)c1ccco1.O=C(N/N=C/c1cc(Cl)cc([N+](=O)[O-])c1O)c1ccccc1O. The van der Waals surface area contributed by atoms with Crippen LogP contribution in [0.5, 0.6) is 23.0 Å². The molecule has 121 heavy (non-hydrogen) atoms. The zero-order valence-electron chi connectivity index (χ0n) is 63.4. The first-order chi connectivity index (χ1) is 57.7. The molecule has 9 aromatic rings. The van der Waals surface area contributed by atoms with E-state index in [4.69, 9.17) is 44.5 Å². The maximum absolute atomic E-state index is 12.8. The number of methoxy groups -OCH3 is 2. The van der Waals surface area contributed by atoms with Gasteiger partial charge in [-0.05, 0) is 116 Å². The number of rotatable bonds is 30. The Morgan fingerprint density at radius 3 is 1.93 bits per heavy atom. The van der Waals surface area contributed by atoms with Crippen LogP contribution in [-0.2, 0) is 23.9 Å². The number of carbonyl (C=O) groups is 9. The lowest BCUT2D eigenvalue weighted by Gasteiger charge is -2.22. The number of carbonyl (C=O) groups excluding carboxylic acids is 9. The first-order valence-electron chi connectivity index (χ1n) is 34.4. The lowest BCUT2D eigenvalue weighted by atomic mass is 10.1. The molecule has 1 atom stereocenters. The van der Waals surface area contributed by atoms with Gasteiger partial charge in [-0.2, -0.15) is 15.3 Å². The third kappa shape index (κ3) is 30.0. The summed E-state index contributed by atoms with van der Waals surface area (Å²) in [5.41, 5.74) is 6.72. The quantitative estimate of drug-likeness (QED) is 0.00673. The van der Waals surface area contributed by atoms with Crippen LogP contribution < -0.4 is 41.7 Å². The molecule has 0 bridgehead atoms. The second kappa shape index (κ2) is 47.2. The van der Waals surface area contributed by atoms with Crippen molar-refractivity contribution in [2.75, 3.05) is 59.4 Å². The Bertz CT molecular complexity index is 5400. The van der Waals surface area contributed by atoms with E-state index in [2.05, 4.69) is 52.3 Å². The minimum absolute atomic E-state index is 0.00551. The Hall–Kier alpha value is -15.9. The molecular formula is C75H70ClN15O29S. The zero-order valence-corrected chi connectivity index (χ0v) is 65.0. The minimum Gasteiger partial charge on any atom is -0.507 e. The molecule has 3 aromatic heterocycles. The maximum atomic E-state index is 12.8. The number of aryl methyl sites for hydroxylation is 1. The van der Waals surface area contributed by atoms with Crippen LogP contribution in [0, 0.1) is 57.5 Å². The van der Waals surface area contributed by atoms with Crippen molar-refractivity contribution in [2.24, 2.45) is 15.3 Å². The molecule has 1 aliphatic rings. The van der Waals surface area contributed by atoms with Crippen LogP contribution >= 0.6 is 23.4 Å². The van der Waals surface area contributed by atoms with Crippen molar-refractivity contribution in [3.63, 3.8) is 0 Å². The van der Waals surface area contributed by atoms with Crippen molar-refractivity contribution in [2.45, 2.75) is 26.3 Å². The van der Waals surface area contributed by atoms with E-state index in [0.29, 0.717) is 40.5 Å². The van der Waals surface area contributed by atoms with Gasteiger partial charge in [-0.15, -0.1) is 0 Å². The van der Waals surface area contributed by atoms with Crippen molar-refractivity contribution in [3.05, 3.63) is 288 Å². The number of aliphatic hydroxyl groups is 2. The molecule has 0 spiro atoms. The average Bonchev–Trinajstić information content (AvgIpc) is 1.67. The van der Waals surface area contributed by atoms with E-state index < -0.39 is 108 Å². The third-order valence-electron chi connectivity index (χ3n) is 15.3. The van der Waals surface area contributed by atoms with Crippen LogP contribution in [0.2, 0.25) is 5.02 Å². The van der Waals surface area contributed by atoms with Gasteiger partial charge < -0.3 is 68.7 Å². The topological polar surface area (TPSA) is 630 Å². The first-order valence-corrected chi connectivity index (χ1v) is 35.8. The number of hydrazone groups is 3. The Labute approximate surface area is 690 Å². The normalized spacial score (nSPS) is 12.0. The van der Waals surface area contributed by atoms with Crippen LogP contribution in [0.15, 0.2) is 205 Å². The third-order valence-corrected chi connectivity index (χ3v) is 16.5. The number of phenols is 2. The summed E-state index contributed by atoms with van der Waals surface area (Å²) in [6.07, 6.45) is 6.69. The fourth-order valence-corrected chi connectivity index (χ4v) is 10.7. The second-order valence-electron chi connectivity index (χ2n) is 23.8. The monoisotopic (exact) mass is 1710 g/mol. The van der Waals surface area contributed by atoms with Gasteiger partial charge in [0.05, 0.1) is 102 Å². The minimum atomic E-state index is -0.793. The number of benzene rings is 6. The molecule has 4 heterocycles. The van der Waals surface area contributed by atoms with Gasteiger partial charge in [-0.25, -0.2) is 21.1 Å². The van der Waals surface area contributed by atoms with Crippen molar-refractivity contribution in [3.8, 4) is 23.0 Å². The lowest BCUT2D eigenvalue weighted by molar-refractivity contribution is -0.402. The predicted molar refractivity (Wildman–Crippen MR) is 428 cm³/mol. The Morgan fingerprint density at radius 1 is 0.645 bits per heavy atom. The summed E-state index contributed by atoms with van der Waals surface area (Å²) in [5.74, 6) is -4.55. The number of para-hydroxylation sites is 1. The van der Waals surface area contributed by atoms with Crippen LogP contribution in [0.3, 0.4) is 0 Å². The summed E-state index contributed by atoms with van der Waals surface area (Å²) in [6, 6.07) is 36.0. The van der Waals surface area contributed by atoms with Gasteiger partial charge in [0.2, 0.25) is 10.9 Å². The summed E-state index contributed by atoms with van der Waals surface area (Å²) in [6.45, 7) is 1.89. The molecule has 46 heteroatoms. The fraction of sp³-hybridized carbons (Fsp3) is 0.173. The van der Waals surface area contributed by atoms with Gasteiger partial charge in [0.25, 0.3) is 52.7 Å². The number of thioether (sulfide) groups is 1. The number of aromatic hydroxyl groups is 2. The number of non-ortho nitro benzene ring substituents is 2. The Morgan fingerprint density at radius 2 is 1.31 bits per heavy atom. The zero-order chi connectivity index (χ0) is 88.8. The van der Waals surface area contributed by atoms with Crippen molar-refractivity contribution in [1.82, 2.24) is 37.1 Å². The molecule has 1 aliphatic heterocycles. The van der Waals surface area contributed by atoms with E-state index in [0.717, 1.165) is 66.0 Å². The summed E-state index contributed by atoms with van der Waals surface area (Å²) >= 11 is 6.85. The predicted octanol–water partition coefficient (Wildman–Crippen LogP) is 7.83. The van der Waals surface area contributed by atoms with E-state index in [1.807, 2.05) is 0 Å². The van der Waals surface area contributed by atoms with Crippen LogP contribution in [0.4, 0.5) is 28.6 Å². The van der Waals surface area contributed by atoms with E-state index in [1.165, 1.54) is 111 Å². The smallest absolute Gasteiger partial charge is 0.433 e. The number of nitrogens with zero attached hydrogens (tertiary/aromatic N) is 9. The Kier molecular flexibility index (Phi) is 36.7. The number of amides is 7. The second-order valence-corrected chi connectivity index (χ2v) is 25.3. The fourth-order valence-electron chi connectivity index (χ4n) is 9.54. The van der Waals surface area contributed by atoms with Crippen molar-refractivity contribution < 1.29 is 116 Å². The van der Waals surface area contributed by atoms with E-state index in [-0.39, 0.29) is 105 Å². The number of hydrogen-bond donors (Lipinski definition) is 10. The molecule has 0 aliphatic carbocycles. The number of nitro groups is 5. The molecule has 44 nitrogen and oxygen atoms in total. The number of phenolic OH excluding ortho intramolecular Hbond substituents is 2. The van der Waals surface area contributed by atoms with Gasteiger partial charge in [0.15, 0.2) is 23.9 Å². The highest BCUT2D eigenvalue weighted by Crippen LogP contribution is 2.33. The van der Waals surface area contributed by atoms with Crippen LogP contribution in [0.25, 0.3) is 6.08 Å². The molecule has 6 aromatic carbocycles. The molecule has 632 valence electrons. The number of hydrogen-bond acceptors (Lipinski definition) is 33. The summed E-state index contributed by atoms with van der Waals surface area (Å²) in [7, 11) is 2.62. The molecule has 0 saturated carbocycles. The number of nitrogens with one attached hydrogen (secondary N) is 6. The molecule has 1 unspecified atom stereocenters. The summed E-state index contributed by atoms with van der Waals surface area (Å²) in [5, 5.41) is 110. The molecule has 0 radical (unpaired) electrons. The number of furan rings is 3. The van der Waals surface area contributed by atoms with Crippen LogP contribution in [0.1, 0.15) is 93.5 Å². The van der Waals surface area contributed by atoms with Gasteiger partial charge in [-0.3, -0.25) is 88.9 Å². The van der Waals surface area contributed by atoms with Crippen LogP contribution in [-0.4, -0.2) is 186 Å². The van der Waals surface area contributed by atoms with Gasteiger partial charge >= 0.3 is 23.2 Å². The Balaban J connectivity index is 0.000000235. The standard InChI is InChI=1S/C18H19N3O7.C15H14N4O6.C15H15N3O5.C14H10ClN3O5.C13H12N2O6S/c22-8-6-20(7-9-23)18(25)15(19-17(24)16-5-2-10-28-16)12-13-3-1-4-14(11-13)21(26)27;1-24-11-4-2-3-10(7-11)15(21)16-9-13(20)18-17-8-12-5-6-14(25-12)19(22)23;1-10-5-6-14(12(8-10)18(20)21)23-9-15(19)17-16-11(2)13-4-3-7-22-13;15-9-5-8(13(20)11(6-9)18(22)23)7-16-17-14(21)10-3-1-2-4-12(10)19;1-21-12(17)8-4-7(5-9(6-8)15(19)20)11(16)14-10-2-3-22-13(10)18/h1-5,10-12,22-23H,6-9H2,(H,19,24);2-8H,9H2,1H3,(H,16,21)(H,18,20);3-8H,9H2,1-2H3,(H,17,19);1-7,19-20H,(H,17,21);4-6,10H,2-3H2,1H3,(H,14,16)/b15-12-;17-8+;16-11+;16-7+;. The van der Waals surface area contributed by atoms with Crippen molar-refractivity contribution >= 4 is 129 Å². The highest BCUT2D eigenvalue weighted by Gasteiger charge is 2.29. The van der Waals surface area contributed by atoms with Gasteiger partial charge in [0.1, 0.15) is 33.6 Å². The number of nitro benzene ring substituents is 4. The molecule has 10 rings (SSSR count). The van der Waals surface area contributed by atoms with Gasteiger partial charge in [0, 0.05) is 77.0 Å². The highest BCUT2D eigenvalue weighted by molar-refractivity contribution is 8.14. The van der Waals surface area contributed by atoms with Crippen molar-refractivity contribution in [1.29, 1.82) is 0 Å². The largest absolute Gasteiger partial charge is 0.507 e.